The van der Waals surface area contributed by atoms with Gasteiger partial charge in [0, 0.05) is 0 Å². The van der Waals surface area contributed by atoms with Crippen LogP contribution >= 0.6 is 0 Å². The number of ether oxygens (including phenoxy) is 1. The number of allylic oxidation sites excluding steroid dienone is 1. The van der Waals surface area contributed by atoms with E-state index in [1.165, 1.54) is 0 Å². The van der Waals surface area contributed by atoms with Crippen molar-refractivity contribution < 1.29 is 9.53 Å². The van der Waals surface area contributed by atoms with E-state index in [2.05, 4.69) is 6.07 Å². The van der Waals surface area contributed by atoms with E-state index in [0.29, 0.717) is 0 Å². The smallest absolute Gasteiger partial charge is 0.146 e. The Kier molecular flexibility index (Phi) is 4.00. The molecule has 0 fully saturated rings. The Labute approximate surface area is 113 Å². The van der Waals surface area contributed by atoms with Gasteiger partial charge in [0.1, 0.15) is 12.0 Å². The van der Waals surface area contributed by atoms with E-state index in [1.807, 2.05) is 50.3 Å². The summed E-state index contributed by atoms with van der Waals surface area (Å²) in [6, 6.07) is 12.1. The first-order valence-corrected chi connectivity index (χ1v) is 6.38. The van der Waals surface area contributed by atoms with E-state index in [0.717, 1.165) is 33.9 Å². The van der Waals surface area contributed by atoms with Crippen LogP contribution in [0.3, 0.4) is 0 Å². The van der Waals surface area contributed by atoms with Gasteiger partial charge in [-0.25, -0.2) is 0 Å². The third kappa shape index (κ3) is 3.02. The highest BCUT2D eigenvalue weighted by atomic mass is 16.5. The van der Waals surface area contributed by atoms with Gasteiger partial charge in [-0.2, -0.15) is 0 Å². The maximum absolute atomic E-state index is 11.0. The van der Waals surface area contributed by atoms with Crippen LogP contribution in [0.4, 0.5) is 0 Å². The normalized spacial score (nSPS) is 11.9. The fourth-order valence-corrected chi connectivity index (χ4v) is 1.99. The van der Waals surface area contributed by atoms with Crippen LogP contribution in [0.1, 0.15) is 19.4 Å². The molecule has 0 aliphatic heterocycles. The Morgan fingerprint density at radius 3 is 2.42 bits per heavy atom. The van der Waals surface area contributed by atoms with Crippen molar-refractivity contribution in [2.75, 3.05) is 7.11 Å². The van der Waals surface area contributed by atoms with Crippen LogP contribution in [0.25, 0.3) is 16.8 Å². The fourth-order valence-electron chi connectivity index (χ4n) is 1.99. The molecule has 0 heterocycles. The summed E-state index contributed by atoms with van der Waals surface area (Å²) in [5.41, 5.74) is 1.86. The predicted octanol–water partition coefficient (Wildman–Crippen LogP) is 4.09. The fraction of sp³-hybridized carbons (Fsp3) is 0.235. The molecular formula is C17H18O2. The molecular weight excluding hydrogens is 236 g/mol. The highest BCUT2D eigenvalue weighted by Gasteiger charge is 2.03. The van der Waals surface area contributed by atoms with E-state index in [1.54, 1.807) is 7.11 Å². The number of benzene rings is 2. The molecule has 0 radical (unpaired) electrons. The van der Waals surface area contributed by atoms with Crippen molar-refractivity contribution in [1.29, 1.82) is 0 Å². The summed E-state index contributed by atoms with van der Waals surface area (Å²) in [5.74, 6) is 1.09. The van der Waals surface area contributed by atoms with Crippen molar-refractivity contribution in [3.63, 3.8) is 0 Å². The second-order valence-electron chi connectivity index (χ2n) is 4.89. The van der Waals surface area contributed by atoms with E-state index < -0.39 is 0 Å². The predicted molar refractivity (Wildman–Crippen MR) is 79.4 cm³/mol. The molecule has 0 aromatic heterocycles. The summed E-state index contributed by atoms with van der Waals surface area (Å²) in [7, 11) is 1.66. The van der Waals surface area contributed by atoms with Gasteiger partial charge in [0.15, 0.2) is 0 Å². The van der Waals surface area contributed by atoms with Crippen molar-refractivity contribution >= 4 is 23.1 Å². The van der Waals surface area contributed by atoms with Gasteiger partial charge >= 0.3 is 0 Å². The van der Waals surface area contributed by atoms with E-state index >= 15 is 0 Å². The summed E-state index contributed by atoms with van der Waals surface area (Å²) in [5, 5.41) is 2.28. The molecule has 2 aromatic rings. The monoisotopic (exact) mass is 254 g/mol. The zero-order valence-corrected chi connectivity index (χ0v) is 11.5. The highest BCUT2D eigenvalue weighted by Crippen LogP contribution is 2.23. The summed E-state index contributed by atoms with van der Waals surface area (Å²) >= 11 is 0. The average Bonchev–Trinajstić information content (AvgIpc) is 2.43. The lowest BCUT2D eigenvalue weighted by Gasteiger charge is -2.06. The van der Waals surface area contributed by atoms with Gasteiger partial charge in [-0.3, -0.25) is 4.79 Å². The molecule has 0 aliphatic carbocycles. The lowest BCUT2D eigenvalue weighted by atomic mass is 10.00. The van der Waals surface area contributed by atoms with Crippen molar-refractivity contribution in [2.24, 2.45) is 5.92 Å². The van der Waals surface area contributed by atoms with Crippen LogP contribution in [-0.4, -0.2) is 13.4 Å². The molecule has 0 aliphatic rings. The molecule has 0 atom stereocenters. The minimum Gasteiger partial charge on any atom is -0.497 e. The van der Waals surface area contributed by atoms with Gasteiger partial charge < -0.3 is 4.74 Å². The number of fused-ring (bicyclic) bond motifs is 1. The minimum absolute atomic E-state index is 0.240. The van der Waals surface area contributed by atoms with Crippen LogP contribution in [-0.2, 0) is 4.79 Å². The molecule has 19 heavy (non-hydrogen) atoms. The standard InChI is InChI=1S/C17H18O2/c1-12(2)16(11-18)9-13-4-5-15-10-17(19-3)7-6-14(15)8-13/h4-12H,1-3H3. The Balaban J connectivity index is 2.44. The summed E-state index contributed by atoms with van der Waals surface area (Å²) < 4.78 is 5.21. The molecule has 0 amide bonds. The molecule has 2 heteroatoms. The minimum atomic E-state index is 0.240. The Morgan fingerprint density at radius 2 is 1.79 bits per heavy atom. The number of carbonyl (C=O) groups is 1. The first-order chi connectivity index (χ1) is 9.13. The van der Waals surface area contributed by atoms with Gasteiger partial charge in [0.05, 0.1) is 7.11 Å². The lowest BCUT2D eigenvalue weighted by molar-refractivity contribution is -0.105. The zero-order valence-electron chi connectivity index (χ0n) is 11.5. The average molecular weight is 254 g/mol. The second kappa shape index (κ2) is 5.70. The number of aldehydes is 1. The molecule has 0 bridgehead atoms. The van der Waals surface area contributed by atoms with Crippen LogP contribution in [0.15, 0.2) is 42.0 Å². The topological polar surface area (TPSA) is 26.3 Å². The van der Waals surface area contributed by atoms with Crippen molar-refractivity contribution in [2.45, 2.75) is 13.8 Å². The number of methoxy groups -OCH3 is 1. The van der Waals surface area contributed by atoms with Crippen LogP contribution in [0.5, 0.6) is 5.75 Å². The van der Waals surface area contributed by atoms with Crippen LogP contribution in [0, 0.1) is 5.92 Å². The maximum Gasteiger partial charge on any atom is 0.146 e. The van der Waals surface area contributed by atoms with Crippen molar-refractivity contribution in [1.82, 2.24) is 0 Å². The quantitative estimate of drug-likeness (QED) is 0.607. The van der Waals surface area contributed by atoms with Gasteiger partial charge in [0.2, 0.25) is 0 Å². The first-order valence-electron chi connectivity index (χ1n) is 6.38. The first kappa shape index (κ1) is 13.3. The molecule has 2 rings (SSSR count). The summed E-state index contributed by atoms with van der Waals surface area (Å²) in [6.45, 7) is 4.04. The third-order valence-electron chi connectivity index (χ3n) is 3.21. The van der Waals surface area contributed by atoms with Gasteiger partial charge in [0.25, 0.3) is 0 Å². The second-order valence-corrected chi connectivity index (χ2v) is 4.89. The Hall–Kier alpha value is -2.09. The molecule has 98 valence electrons. The van der Waals surface area contributed by atoms with E-state index in [-0.39, 0.29) is 5.92 Å². The largest absolute Gasteiger partial charge is 0.497 e. The van der Waals surface area contributed by atoms with E-state index in [4.69, 9.17) is 4.74 Å². The van der Waals surface area contributed by atoms with Gasteiger partial charge in [-0.05, 0) is 52.1 Å². The molecule has 0 saturated heterocycles. The summed E-state index contributed by atoms with van der Waals surface area (Å²) in [4.78, 5) is 11.0. The Morgan fingerprint density at radius 1 is 1.11 bits per heavy atom. The summed E-state index contributed by atoms with van der Waals surface area (Å²) in [6.07, 6.45) is 2.88. The number of carbonyl (C=O) groups excluding carboxylic acids is 1. The maximum atomic E-state index is 11.0. The lowest BCUT2D eigenvalue weighted by Crippen LogP contribution is -1.94. The van der Waals surface area contributed by atoms with Crippen molar-refractivity contribution in [3.05, 3.63) is 47.5 Å². The SMILES string of the molecule is COc1ccc2cc(C=C(C=O)C(C)C)ccc2c1. The highest BCUT2D eigenvalue weighted by molar-refractivity contribution is 5.88. The molecule has 0 saturated carbocycles. The Bertz CT molecular complexity index is 624. The molecule has 0 spiro atoms. The molecule has 0 N–H and O–H groups in total. The van der Waals surface area contributed by atoms with Crippen molar-refractivity contribution in [3.8, 4) is 5.75 Å². The molecule has 2 aromatic carbocycles. The third-order valence-corrected chi connectivity index (χ3v) is 3.21. The van der Waals surface area contributed by atoms with E-state index in [9.17, 15) is 4.79 Å². The molecule has 2 nitrogen and oxygen atoms in total. The number of hydrogen-bond donors (Lipinski definition) is 0. The number of rotatable bonds is 4. The molecule has 0 unspecified atom stereocenters. The van der Waals surface area contributed by atoms with Crippen LogP contribution in [0.2, 0.25) is 0 Å². The number of hydrogen-bond acceptors (Lipinski definition) is 2. The van der Waals surface area contributed by atoms with Gasteiger partial charge in [-0.1, -0.05) is 32.0 Å². The van der Waals surface area contributed by atoms with Gasteiger partial charge in [-0.15, -0.1) is 0 Å². The zero-order chi connectivity index (χ0) is 13.8. The van der Waals surface area contributed by atoms with Crippen LogP contribution < -0.4 is 4.74 Å².